The monoisotopic (exact) mass is 223 g/mol. The van der Waals surface area contributed by atoms with E-state index in [4.69, 9.17) is 4.84 Å². The molecule has 68 valence electrons. The van der Waals surface area contributed by atoms with Crippen LogP contribution in [0, 0.1) is 0 Å². The molecule has 0 aromatic carbocycles. The van der Waals surface area contributed by atoms with E-state index in [2.05, 4.69) is 13.8 Å². The Bertz CT molecular complexity index is 102. The number of likely N-dealkylation sites (tertiary alicyclic amines) is 1. The van der Waals surface area contributed by atoms with E-state index in [0.29, 0.717) is 0 Å². The van der Waals surface area contributed by atoms with E-state index in [1.165, 1.54) is 25.9 Å². The lowest BCUT2D eigenvalue weighted by molar-refractivity contribution is -1.10. The maximum Gasteiger partial charge on any atom is 0.109 e. The second kappa shape index (κ2) is 5.12. The summed E-state index contributed by atoms with van der Waals surface area (Å²) in [5.41, 5.74) is 0. The van der Waals surface area contributed by atoms with Crippen molar-refractivity contribution in [3.05, 3.63) is 0 Å². The van der Waals surface area contributed by atoms with E-state index in [1.54, 1.807) is 0 Å². The zero-order valence-electron chi connectivity index (χ0n) is 7.48. The van der Waals surface area contributed by atoms with Gasteiger partial charge in [0.2, 0.25) is 0 Å². The van der Waals surface area contributed by atoms with Crippen LogP contribution in [0.4, 0.5) is 0 Å². The largest absolute Gasteiger partial charge is 1.00 e. The van der Waals surface area contributed by atoms with Crippen LogP contribution in [0.25, 0.3) is 0 Å². The molecule has 1 saturated heterocycles. The molecule has 0 aliphatic carbocycles. The van der Waals surface area contributed by atoms with Crippen LogP contribution in [-0.4, -0.2) is 30.9 Å². The Hall–Kier alpha value is 0.400. The van der Waals surface area contributed by atoms with E-state index in [-0.39, 0.29) is 17.0 Å². The van der Waals surface area contributed by atoms with Crippen molar-refractivity contribution in [2.45, 2.75) is 26.7 Å². The van der Waals surface area contributed by atoms with Gasteiger partial charge in [-0.3, -0.25) is 0 Å². The Labute approximate surface area is 79.8 Å². The number of hydrogen-bond donors (Lipinski definition) is 0. The van der Waals surface area contributed by atoms with Crippen LogP contribution in [0.2, 0.25) is 0 Å². The van der Waals surface area contributed by atoms with Crippen LogP contribution in [-0.2, 0) is 4.84 Å². The molecule has 0 aromatic heterocycles. The first-order valence-electron chi connectivity index (χ1n) is 4.33. The number of hydrogen-bond acceptors (Lipinski definition) is 1. The predicted octanol–water partition coefficient (Wildman–Crippen LogP) is -1.43. The van der Waals surface area contributed by atoms with Crippen molar-refractivity contribution in [3.63, 3.8) is 0 Å². The summed E-state index contributed by atoms with van der Waals surface area (Å²) in [7, 11) is 0. The third kappa shape index (κ3) is 2.73. The molecule has 0 atom stereocenters. The topological polar surface area (TPSA) is 9.23 Å². The number of halogens is 1. The maximum atomic E-state index is 5.68. The lowest BCUT2D eigenvalue weighted by Gasteiger charge is -2.28. The van der Waals surface area contributed by atoms with Crippen LogP contribution in [0.3, 0.4) is 0 Å². The molecule has 0 bridgehead atoms. The number of rotatable bonds is 3. The molecule has 1 aliphatic heterocycles. The first-order chi connectivity index (χ1) is 4.83. The Balaban J connectivity index is 0.000001000. The molecule has 3 heteroatoms. The van der Waals surface area contributed by atoms with Crippen LogP contribution in [0.5, 0.6) is 0 Å². The highest BCUT2D eigenvalue weighted by atomic mass is 79.9. The van der Waals surface area contributed by atoms with Gasteiger partial charge in [0.15, 0.2) is 0 Å². The van der Waals surface area contributed by atoms with Crippen molar-refractivity contribution in [2.24, 2.45) is 0 Å². The molecule has 1 fully saturated rings. The molecule has 0 saturated carbocycles. The van der Waals surface area contributed by atoms with Gasteiger partial charge in [-0.1, -0.05) is 0 Å². The Morgan fingerprint density at radius 2 is 1.73 bits per heavy atom. The summed E-state index contributed by atoms with van der Waals surface area (Å²) < 4.78 is 0.913. The summed E-state index contributed by atoms with van der Waals surface area (Å²) in [5.74, 6) is 0. The van der Waals surface area contributed by atoms with Gasteiger partial charge in [-0.25, -0.2) is 4.84 Å². The first kappa shape index (κ1) is 11.4. The van der Waals surface area contributed by atoms with Gasteiger partial charge < -0.3 is 17.0 Å². The standard InChI is InChI=1S/C8H18NO.BrH/c1-3-9(10-4-2)7-5-6-8-9;/h3-8H2,1-2H3;1H/q+1;/p-1. The normalized spacial score (nSPS) is 21.3. The van der Waals surface area contributed by atoms with Crippen molar-refractivity contribution in [2.75, 3.05) is 26.2 Å². The second-order valence-electron chi connectivity index (χ2n) is 2.95. The van der Waals surface area contributed by atoms with E-state index in [9.17, 15) is 0 Å². The SMILES string of the molecule is CCO[N+]1(CC)CCCC1.[Br-]. The van der Waals surface area contributed by atoms with Crippen molar-refractivity contribution < 1.29 is 26.5 Å². The van der Waals surface area contributed by atoms with Gasteiger partial charge in [-0.05, 0) is 13.8 Å². The Kier molecular flexibility index (Phi) is 5.30. The molecule has 0 radical (unpaired) electrons. The molecule has 1 aliphatic rings. The molecule has 1 rings (SSSR count). The summed E-state index contributed by atoms with van der Waals surface area (Å²) in [6.45, 7) is 8.73. The molecule has 2 nitrogen and oxygen atoms in total. The average molecular weight is 224 g/mol. The Morgan fingerprint density at radius 1 is 1.18 bits per heavy atom. The molecule has 11 heavy (non-hydrogen) atoms. The molecular weight excluding hydrogens is 206 g/mol. The van der Waals surface area contributed by atoms with Crippen LogP contribution in [0.15, 0.2) is 0 Å². The summed E-state index contributed by atoms with van der Waals surface area (Å²) in [6.07, 6.45) is 2.68. The maximum absolute atomic E-state index is 5.68. The van der Waals surface area contributed by atoms with Crippen molar-refractivity contribution in [1.82, 2.24) is 0 Å². The van der Waals surface area contributed by atoms with Gasteiger partial charge in [0.1, 0.15) is 26.2 Å². The van der Waals surface area contributed by atoms with E-state index in [0.717, 1.165) is 17.8 Å². The third-order valence-corrected chi connectivity index (χ3v) is 2.36. The highest BCUT2D eigenvalue weighted by Crippen LogP contribution is 2.19. The van der Waals surface area contributed by atoms with Crippen molar-refractivity contribution in [3.8, 4) is 0 Å². The summed E-state index contributed by atoms with van der Waals surface area (Å²) in [4.78, 5) is 5.68. The van der Waals surface area contributed by atoms with Crippen molar-refractivity contribution >= 4 is 0 Å². The summed E-state index contributed by atoms with van der Waals surface area (Å²) in [5, 5.41) is 0. The molecule has 0 aromatic rings. The van der Waals surface area contributed by atoms with E-state index >= 15 is 0 Å². The molecule has 0 amide bonds. The lowest BCUT2D eigenvalue weighted by atomic mass is 10.4. The van der Waals surface area contributed by atoms with Crippen LogP contribution >= 0.6 is 0 Å². The lowest BCUT2D eigenvalue weighted by Crippen LogP contribution is -3.00. The molecule has 0 N–H and O–H groups in total. The highest BCUT2D eigenvalue weighted by Gasteiger charge is 2.31. The average Bonchev–Trinajstić information content (AvgIpc) is 2.39. The van der Waals surface area contributed by atoms with Gasteiger partial charge in [-0.15, -0.1) is 0 Å². The number of nitrogens with zero attached hydrogens (tertiary/aromatic N) is 1. The fourth-order valence-corrected chi connectivity index (χ4v) is 1.72. The van der Waals surface area contributed by atoms with E-state index < -0.39 is 0 Å². The fraction of sp³-hybridized carbons (Fsp3) is 1.00. The minimum atomic E-state index is 0. The summed E-state index contributed by atoms with van der Waals surface area (Å²) >= 11 is 0. The van der Waals surface area contributed by atoms with E-state index in [1.807, 2.05) is 0 Å². The quantitative estimate of drug-likeness (QED) is 0.534. The molecular formula is C8H18BrNO. The van der Waals surface area contributed by atoms with Gasteiger partial charge >= 0.3 is 0 Å². The highest BCUT2D eigenvalue weighted by molar-refractivity contribution is 4.47. The first-order valence-corrected chi connectivity index (χ1v) is 4.33. The van der Waals surface area contributed by atoms with Gasteiger partial charge in [0.05, 0.1) is 0 Å². The fourth-order valence-electron chi connectivity index (χ4n) is 1.72. The van der Waals surface area contributed by atoms with Crippen LogP contribution < -0.4 is 17.0 Å². The zero-order valence-corrected chi connectivity index (χ0v) is 9.06. The molecule has 0 spiro atoms. The summed E-state index contributed by atoms with van der Waals surface area (Å²) in [6, 6.07) is 0. The molecule has 0 unspecified atom stereocenters. The van der Waals surface area contributed by atoms with Gasteiger partial charge in [0.25, 0.3) is 0 Å². The minimum absolute atomic E-state index is 0. The van der Waals surface area contributed by atoms with Crippen molar-refractivity contribution in [1.29, 1.82) is 0 Å². The third-order valence-electron chi connectivity index (χ3n) is 2.36. The zero-order chi connectivity index (χ0) is 7.45. The van der Waals surface area contributed by atoms with Gasteiger partial charge in [-0.2, -0.15) is 4.65 Å². The predicted molar refractivity (Wildman–Crippen MR) is 41.4 cm³/mol. The number of quaternary nitrogens is 1. The second-order valence-corrected chi connectivity index (χ2v) is 2.95. The van der Waals surface area contributed by atoms with Gasteiger partial charge in [0, 0.05) is 12.8 Å². The molecule has 1 heterocycles. The minimum Gasteiger partial charge on any atom is -1.00 e. The van der Waals surface area contributed by atoms with Crippen LogP contribution in [0.1, 0.15) is 26.7 Å². The smallest absolute Gasteiger partial charge is 0.109 e. The number of hydroxylamine groups is 3. The Morgan fingerprint density at radius 3 is 2.09 bits per heavy atom.